The van der Waals surface area contributed by atoms with Crippen LogP contribution in [0.4, 0.5) is 0 Å². The zero-order valence-corrected chi connectivity index (χ0v) is 14.3. The molecule has 6 heteroatoms. The first-order chi connectivity index (χ1) is 9.70. The number of nitrogens with zero attached hydrogens (tertiary/aromatic N) is 1. The van der Waals surface area contributed by atoms with Gasteiger partial charge in [0.05, 0.1) is 0 Å². The van der Waals surface area contributed by atoms with Gasteiger partial charge in [0.1, 0.15) is 0 Å². The summed E-state index contributed by atoms with van der Waals surface area (Å²) in [5.41, 5.74) is 6.78. The third kappa shape index (κ3) is 5.58. The maximum Gasteiger partial charge on any atom is 0.221 e. The Bertz CT molecular complexity index is 438. The molecule has 1 unspecified atom stereocenters. The van der Waals surface area contributed by atoms with Crippen LogP contribution >= 0.6 is 23.7 Å². The Morgan fingerprint density at radius 1 is 1.52 bits per heavy atom. The number of nitrogens with two attached hydrogens (primary N) is 1. The molecular weight excluding hydrogens is 306 g/mol. The molecule has 0 aliphatic carbocycles. The summed E-state index contributed by atoms with van der Waals surface area (Å²) in [7, 11) is 0. The van der Waals surface area contributed by atoms with E-state index >= 15 is 0 Å². The van der Waals surface area contributed by atoms with Gasteiger partial charge in [-0.1, -0.05) is 6.42 Å². The molecule has 3 N–H and O–H groups in total. The molecule has 1 amide bonds. The van der Waals surface area contributed by atoms with Crippen LogP contribution in [-0.4, -0.2) is 36.5 Å². The molecule has 1 aliphatic rings. The first-order valence-electron chi connectivity index (χ1n) is 7.44. The summed E-state index contributed by atoms with van der Waals surface area (Å²) in [6.07, 6.45) is 4.12. The van der Waals surface area contributed by atoms with Gasteiger partial charge in [0.25, 0.3) is 0 Å². The van der Waals surface area contributed by atoms with Crippen LogP contribution in [0.5, 0.6) is 0 Å². The predicted molar refractivity (Wildman–Crippen MR) is 91.0 cm³/mol. The van der Waals surface area contributed by atoms with Gasteiger partial charge in [-0.2, -0.15) is 0 Å². The zero-order chi connectivity index (χ0) is 14.4. The van der Waals surface area contributed by atoms with E-state index in [0.29, 0.717) is 19.0 Å². The van der Waals surface area contributed by atoms with Crippen LogP contribution in [-0.2, 0) is 11.3 Å². The lowest BCUT2D eigenvalue weighted by Gasteiger charge is -2.35. The highest BCUT2D eigenvalue weighted by Gasteiger charge is 2.23. The first kappa shape index (κ1) is 18.4. The molecule has 1 saturated heterocycles. The largest absolute Gasteiger partial charge is 0.354 e. The minimum Gasteiger partial charge on any atom is -0.354 e. The van der Waals surface area contributed by atoms with E-state index in [1.165, 1.54) is 29.7 Å². The fourth-order valence-corrected chi connectivity index (χ4v) is 3.63. The van der Waals surface area contributed by atoms with Crippen molar-refractivity contribution in [2.75, 3.05) is 19.6 Å². The average Bonchev–Trinajstić information content (AvgIpc) is 2.84. The molecule has 1 fully saturated rings. The molecule has 21 heavy (non-hydrogen) atoms. The van der Waals surface area contributed by atoms with Crippen LogP contribution in [0.25, 0.3) is 0 Å². The van der Waals surface area contributed by atoms with E-state index in [9.17, 15) is 4.79 Å². The van der Waals surface area contributed by atoms with Crippen molar-refractivity contribution in [3.63, 3.8) is 0 Å². The van der Waals surface area contributed by atoms with Crippen molar-refractivity contribution in [2.45, 2.75) is 45.2 Å². The van der Waals surface area contributed by atoms with Gasteiger partial charge in [-0.15, -0.1) is 23.7 Å². The SMILES string of the molecule is Cc1ccsc1CN1CCCCC1CNC(=O)CCN.Cl. The third-order valence-corrected chi connectivity index (χ3v) is 4.98. The molecule has 2 rings (SSSR count). The number of hydrogen-bond donors (Lipinski definition) is 2. The number of hydrogen-bond acceptors (Lipinski definition) is 4. The van der Waals surface area contributed by atoms with E-state index in [4.69, 9.17) is 5.73 Å². The fourth-order valence-electron chi connectivity index (χ4n) is 2.70. The van der Waals surface area contributed by atoms with E-state index < -0.39 is 0 Å². The molecule has 0 saturated carbocycles. The van der Waals surface area contributed by atoms with Gasteiger partial charge >= 0.3 is 0 Å². The van der Waals surface area contributed by atoms with Crippen LogP contribution in [0, 0.1) is 6.92 Å². The van der Waals surface area contributed by atoms with Crippen molar-refractivity contribution in [1.29, 1.82) is 0 Å². The zero-order valence-electron chi connectivity index (χ0n) is 12.6. The minimum absolute atomic E-state index is 0. The topological polar surface area (TPSA) is 58.4 Å². The molecule has 0 bridgehead atoms. The third-order valence-electron chi connectivity index (χ3n) is 3.97. The quantitative estimate of drug-likeness (QED) is 0.841. The molecule has 0 spiro atoms. The lowest BCUT2D eigenvalue weighted by atomic mass is 10.0. The van der Waals surface area contributed by atoms with Gasteiger partial charge in [0.15, 0.2) is 0 Å². The number of aryl methyl sites for hydroxylation is 1. The average molecular weight is 332 g/mol. The van der Waals surface area contributed by atoms with Crippen molar-refractivity contribution in [2.24, 2.45) is 5.73 Å². The van der Waals surface area contributed by atoms with E-state index in [-0.39, 0.29) is 18.3 Å². The van der Waals surface area contributed by atoms with Crippen LogP contribution in [0.3, 0.4) is 0 Å². The lowest BCUT2D eigenvalue weighted by molar-refractivity contribution is -0.121. The Morgan fingerprint density at radius 2 is 2.33 bits per heavy atom. The smallest absolute Gasteiger partial charge is 0.221 e. The Kier molecular flexibility index (Phi) is 8.26. The number of halogens is 1. The number of thiophene rings is 1. The summed E-state index contributed by atoms with van der Waals surface area (Å²) in [6, 6.07) is 2.65. The number of rotatable bonds is 6. The van der Waals surface area contributed by atoms with Gasteiger partial charge in [-0.05, 0) is 43.3 Å². The van der Waals surface area contributed by atoms with Crippen molar-refractivity contribution in [1.82, 2.24) is 10.2 Å². The highest BCUT2D eigenvalue weighted by molar-refractivity contribution is 7.10. The monoisotopic (exact) mass is 331 g/mol. The summed E-state index contributed by atoms with van der Waals surface area (Å²) in [5.74, 6) is 0.0744. The Morgan fingerprint density at radius 3 is 3.00 bits per heavy atom. The second-order valence-corrected chi connectivity index (χ2v) is 6.49. The standard InChI is InChI=1S/C15H25N3OS.ClH/c1-12-6-9-20-14(12)11-18-8-3-2-4-13(18)10-17-15(19)5-7-16;/h6,9,13H,2-5,7-8,10-11,16H2,1H3,(H,17,19);1H. The van der Waals surface area contributed by atoms with E-state index in [2.05, 4.69) is 28.6 Å². The Hall–Kier alpha value is -0.620. The number of likely N-dealkylation sites (tertiary alicyclic amines) is 1. The predicted octanol–water partition coefficient (Wildman–Crippen LogP) is 2.30. The summed E-state index contributed by atoms with van der Waals surface area (Å²) in [5, 5.41) is 5.18. The fraction of sp³-hybridized carbons (Fsp3) is 0.667. The number of carbonyl (C=O) groups is 1. The van der Waals surface area contributed by atoms with Crippen molar-refractivity contribution in [3.8, 4) is 0 Å². The number of carbonyl (C=O) groups excluding carboxylic acids is 1. The highest BCUT2D eigenvalue weighted by atomic mass is 35.5. The number of nitrogens with one attached hydrogen (secondary N) is 1. The van der Waals surface area contributed by atoms with Gasteiger partial charge in [0, 0.05) is 37.0 Å². The summed E-state index contributed by atoms with van der Waals surface area (Å²) in [6.45, 7) is 5.50. The summed E-state index contributed by atoms with van der Waals surface area (Å²) >= 11 is 1.83. The van der Waals surface area contributed by atoms with E-state index in [0.717, 1.165) is 19.6 Å². The molecule has 1 aliphatic heterocycles. The van der Waals surface area contributed by atoms with Gasteiger partial charge in [0.2, 0.25) is 5.91 Å². The van der Waals surface area contributed by atoms with Gasteiger partial charge < -0.3 is 11.1 Å². The van der Waals surface area contributed by atoms with Crippen LogP contribution in [0.15, 0.2) is 11.4 Å². The number of piperidine rings is 1. The lowest BCUT2D eigenvalue weighted by Crippen LogP contribution is -2.46. The molecule has 0 aromatic carbocycles. The second-order valence-electron chi connectivity index (χ2n) is 5.49. The molecule has 1 aromatic heterocycles. The molecule has 2 heterocycles. The van der Waals surface area contributed by atoms with Crippen LogP contribution < -0.4 is 11.1 Å². The maximum atomic E-state index is 11.6. The molecule has 1 aromatic rings. The summed E-state index contributed by atoms with van der Waals surface area (Å²) in [4.78, 5) is 15.5. The molecule has 4 nitrogen and oxygen atoms in total. The van der Waals surface area contributed by atoms with Gasteiger partial charge in [-0.25, -0.2) is 0 Å². The van der Waals surface area contributed by atoms with Crippen LogP contribution in [0.1, 0.15) is 36.1 Å². The van der Waals surface area contributed by atoms with Crippen molar-refractivity contribution >= 4 is 29.7 Å². The minimum atomic E-state index is 0. The highest BCUT2D eigenvalue weighted by Crippen LogP contribution is 2.23. The normalized spacial score (nSPS) is 19.0. The molecule has 0 radical (unpaired) electrons. The Balaban J connectivity index is 0.00000220. The maximum absolute atomic E-state index is 11.6. The van der Waals surface area contributed by atoms with Gasteiger partial charge in [-0.3, -0.25) is 9.69 Å². The van der Waals surface area contributed by atoms with E-state index in [1.54, 1.807) is 0 Å². The van der Waals surface area contributed by atoms with E-state index in [1.807, 2.05) is 11.3 Å². The van der Waals surface area contributed by atoms with Crippen molar-refractivity contribution < 1.29 is 4.79 Å². The van der Waals surface area contributed by atoms with Crippen LogP contribution in [0.2, 0.25) is 0 Å². The molecule has 120 valence electrons. The molecular formula is C15H26ClN3OS. The summed E-state index contributed by atoms with van der Waals surface area (Å²) < 4.78 is 0. The second kappa shape index (κ2) is 9.41. The molecule has 1 atom stereocenters. The Labute approximate surface area is 137 Å². The first-order valence-corrected chi connectivity index (χ1v) is 8.32. The number of amides is 1. The van der Waals surface area contributed by atoms with Crippen molar-refractivity contribution in [3.05, 3.63) is 21.9 Å².